The molecule has 1 aliphatic heterocycles. The van der Waals surface area contributed by atoms with Crippen molar-refractivity contribution in [2.24, 2.45) is 0 Å². The molecule has 0 atom stereocenters. The van der Waals surface area contributed by atoms with Gasteiger partial charge in [0.2, 0.25) is 0 Å². The molecule has 1 N–H and O–H groups in total. The molecule has 10 aromatic rings. The molecule has 0 spiro atoms. The Morgan fingerprint density at radius 2 is 0.945 bits per heavy atom. The molecule has 0 radical (unpaired) electrons. The molecule has 5 heteroatoms. The maximum absolute atomic E-state index is 11.7. The van der Waals surface area contributed by atoms with Crippen LogP contribution in [0, 0.1) is 0 Å². The molecule has 2 aromatic heterocycles. The highest BCUT2D eigenvalue weighted by Gasteiger charge is 2.37. The van der Waals surface area contributed by atoms with Crippen molar-refractivity contribution in [3.8, 4) is 17.1 Å². The number of para-hydroxylation sites is 4. The molecule has 0 amide bonds. The first-order valence-electron chi connectivity index (χ1n) is 18.4. The van der Waals surface area contributed by atoms with E-state index in [1.54, 1.807) is 12.1 Å². The summed E-state index contributed by atoms with van der Waals surface area (Å²) < 4.78 is 11.9. The Bertz CT molecular complexity index is 2940. The van der Waals surface area contributed by atoms with Crippen LogP contribution >= 0.6 is 0 Å². The Balaban J connectivity index is 1.07. The number of aromatic nitrogens is 2. The molecule has 5 nitrogen and oxygen atoms in total. The minimum absolute atomic E-state index is 0.259. The van der Waals surface area contributed by atoms with Gasteiger partial charge < -0.3 is 19.0 Å². The summed E-state index contributed by atoms with van der Waals surface area (Å²) in [6.45, 7) is 0. The van der Waals surface area contributed by atoms with Gasteiger partial charge in [-0.2, -0.15) is 0 Å². The van der Waals surface area contributed by atoms with E-state index in [0.717, 1.165) is 66.7 Å². The largest absolute Gasteiger partial charge is 0.478 e. The molecule has 1 aliphatic rings. The van der Waals surface area contributed by atoms with Crippen molar-refractivity contribution in [3.63, 3.8) is 0 Å². The predicted octanol–water partition coefficient (Wildman–Crippen LogP) is 12.1. The molecule has 0 saturated heterocycles. The standard InChI is InChI=1S/C50H32N2O3/c53-49(54)33-17-27-38-32(31-33)18-28-48-43(38)29-30-50(55-48,34-19-23-36(24-20-34)51-44-13-5-1-9-39(44)40-10-2-6-14-45(40)51)35-21-25-37(26-22-35)52-46-15-7-3-11-41(46)42-12-4-8-16-47(42)52/h1-31H,(H,53,54). The van der Waals surface area contributed by atoms with Crippen molar-refractivity contribution in [2.75, 3.05) is 0 Å². The molecular formula is C50H32N2O3. The summed E-state index contributed by atoms with van der Waals surface area (Å²) in [5, 5.41) is 16.3. The topological polar surface area (TPSA) is 56.4 Å². The van der Waals surface area contributed by atoms with Crippen LogP contribution in [-0.4, -0.2) is 20.2 Å². The third kappa shape index (κ3) is 4.63. The zero-order chi connectivity index (χ0) is 36.7. The van der Waals surface area contributed by atoms with Crippen molar-refractivity contribution in [2.45, 2.75) is 5.60 Å². The molecule has 3 heterocycles. The first kappa shape index (κ1) is 31.2. The van der Waals surface area contributed by atoms with E-state index in [1.807, 2.05) is 18.2 Å². The number of carbonyl (C=O) groups is 1. The Labute approximate surface area is 316 Å². The lowest BCUT2D eigenvalue weighted by atomic mass is 9.83. The average Bonchev–Trinajstić information content (AvgIpc) is 3.76. The van der Waals surface area contributed by atoms with Crippen molar-refractivity contribution < 1.29 is 14.6 Å². The van der Waals surface area contributed by atoms with Crippen LogP contribution in [0.3, 0.4) is 0 Å². The molecule has 0 bridgehead atoms. The van der Waals surface area contributed by atoms with Crippen LogP contribution in [-0.2, 0) is 5.60 Å². The average molecular weight is 709 g/mol. The zero-order valence-corrected chi connectivity index (χ0v) is 29.6. The first-order chi connectivity index (χ1) is 27.1. The number of ether oxygens (including phenoxy) is 1. The Kier molecular flexibility index (Phi) is 6.70. The Hall–Kier alpha value is -7.37. The van der Waals surface area contributed by atoms with Crippen LogP contribution in [0.15, 0.2) is 182 Å². The maximum Gasteiger partial charge on any atom is 0.335 e. The normalized spacial score (nSPS) is 13.5. The van der Waals surface area contributed by atoms with E-state index in [2.05, 4.69) is 167 Å². The third-order valence-corrected chi connectivity index (χ3v) is 11.3. The van der Waals surface area contributed by atoms with Crippen LogP contribution < -0.4 is 4.74 Å². The monoisotopic (exact) mass is 708 g/mol. The van der Waals surface area contributed by atoms with Gasteiger partial charge in [0, 0.05) is 49.6 Å². The number of aromatic carboxylic acids is 1. The molecule has 55 heavy (non-hydrogen) atoms. The molecule has 260 valence electrons. The first-order valence-corrected chi connectivity index (χ1v) is 18.4. The molecule has 8 aromatic carbocycles. The summed E-state index contributed by atoms with van der Waals surface area (Å²) in [6, 6.07) is 60.8. The van der Waals surface area contributed by atoms with Gasteiger partial charge in [-0.3, -0.25) is 0 Å². The molecule has 0 aliphatic carbocycles. The second-order valence-electron chi connectivity index (χ2n) is 14.2. The van der Waals surface area contributed by atoms with E-state index < -0.39 is 11.6 Å². The van der Waals surface area contributed by atoms with Crippen LogP contribution in [0.2, 0.25) is 0 Å². The zero-order valence-electron chi connectivity index (χ0n) is 29.6. The second-order valence-corrected chi connectivity index (χ2v) is 14.2. The van der Waals surface area contributed by atoms with Gasteiger partial charge in [-0.05, 0) is 89.7 Å². The summed E-state index contributed by atoms with van der Waals surface area (Å²) in [5.41, 5.74) is 9.00. The SMILES string of the molecule is O=C(O)c1ccc2c3c(ccc2c1)OC(c1ccc(-n2c4ccccc4c4ccccc42)cc1)(c1ccc(-n2c4ccccc4c4ccccc42)cc1)C=C3. The summed E-state index contributed by atoms with van der Waals surface area (Å²) in [6.07, 6.45) is 4.27. The molecule has 0 unspecified atom stereocenters. The van der Waals surface area contributed by atoms with Crippen molar-refractivity contribution in [1.29, 1.82) is 0 Å². The van der Waals surface area contributed by atoms with Crippen molar-refractivity contribution >= 4 is 66.4 Å². The molecule has 11 rings (SSSR count). The highest BCUT2D eigenvalue weighted by molar-refractivity contribution is 6.10. The fraction of sp³-hybridized carbons (Fsp3) is 0.0200. The summed E-state index contributed by atoms with van der Waals surface area (Å²) >= 11 is 0. The summed E-state index contributed by atoms with van der Waals surface area (Å²) in [4.78, 5) is 11.7. The summed E-state index contributed by atoms with van der Waals surface area (Å²) in [7, 11) is 0. The number of benzene rings is 8. The second kappa shape index (κ2) is 11.8. The number of hydrogen-bond donors (Lipinski definition) is 1. The van der Waals surface area contributed by atoms with Gasteiger partial charge in [-0.15, -0.1) is 0 Å². The van der Waals surface area contributed by atoms with Crippen LogP contribution in [0.1, 0.15) is 27.0 Å². The van der Waals surface area contributed by atoms with Gasteiger partial charge in [0.05, 0.1) is 27.6 Å². The minimum Gasteiger partial charge on any atom is -0.478 e. The minimum atomic E-state index is -0.945. The maximum atomic E-state index is 11.7. The number of carboxylic acids is 1. The predicted molar refractivity (Wildman–Crippen MR) is 223 cm³/mol. The van der Waals surface area contributed by atoms with E-state index in [4.69, 9.17) is 4.74 Å². The Morgan fingerprint density at radius 1 is 0.491 bits per heavy atom. The fourth-order valence-corrected chi connectivity index (χ4v) is 8.73. The number of fused-ring (bicyclic) bond motifs is 9. The van der Waals surface area contributed by atoms with E-state index >= 15 is 0 Å². The van der Waals surface area contributed by atoms with Crippen molar-refractivity contribution in [1.82, 2.24) is 9.13 Å². The van der Waals surface area contributed by atoms with Crippen molar-refractivity contribution in [3.05, 3.63) is 204 Å². The smallest absolute Gasteiger partial charge is 0.335 e. The van der Waals surface area contributed by atoms with E-state index in [1.165, 1.54) is 21.5 Å². The van der Waals surface area contributed by atoms with Gasteiger partial charge in [0.25, 0.3) is 0 Å². The number of carboxylic acid groups (broad SMARTS) is 1. The lowest BCUT2D eigenvalue weighted by molar-refractivity contribution is 0.0697. The van der Waals surface area contributed by atoms with Gasteiger partial charge in [0.1, 0.15) is 5.75 Å². The molecule has 0 fully saturated rings. The van der Waals surface area contributed by atoms with Gasteiger partial charge in [0.15, 0.2) is 5.60 Å². The van der Waals surface area contributed by atoms with Gasteiger partial charge in [-0.25, -0.2) is 4.79 Å². The van der Waals surface area contributed by atoms with Gasteiger partial charge >= 0.3 is 5.97 Å². The number of hydrogen-bond acceptors (Lipinski definition) is 2. The Morgan fingerprint density at radius 3 is 1.40 bits per heavy atom. The van der Waals surface area contributed by atoms with Gasteiger partial charge in [-0.1, -0.05) is 109 Å². The van der Waals surface area contributed by atoms with E-state index in [-0.39, 0.29) is 5.56 Å². The number of nitrogens with zero attached hydrogens (tertiary/aromatic N) is 2. The van der Waals surface area contributed by atoms with E-state index in [9.17, 15) is 9.90 Å². The lowest BCUT2D eigenvalue weighted by Crippen LogP contribution is -2.34. The quantitative estimate of drug-likeness (QED) is 0.194. The van der Waals surface area contributed by atoms with Crippen LogP contribution in [0.5, 0.6) is 5.75 Å². The number of rotatable bonds is 5. The molecular weight excluding hydrogens is 677 g/mol. The third-order valence-electron chi connectivity index (χ3n) is 11.3. The highest BCUT2D eigenvalue weighted by atomic mass is 16.5. The van der Waals surface area contributed by atoms with Crippen LogP contribution in [0.25, 0.3) is 71.8 Å². The fourth-order valence-electron chi connectivity index (χ4n) is 8.73. The molecule has 0 saturated carbocycles. The highest BCUT2D eigenvalue weighted by Crippen LogP contribution is 2.45. The summed E-state index contributed by atoms with van der Waals surface area (Å²) in [5.74, 6) is -0.213. The van der Waals surface area contributed by atoms with Crippen LogP contribution in [0.4, 0.5) is 0 Å². The lowest BCUT2D eigenvalue weighted by Gasteiger charge is -2.36. The van der Waals surface area contributed by atoms with E-state index in [0.29, 0.717) is 0 Å².